The molecule has 0 aliphatic carbocycles. The molecule has 76 heavy (non-hydrogen) atoms. The third-order valence-electron chi connectivity index (χ3n) is 12.2. The maximum Gasteiger partial charge on any atom is 0.0327 e. The summed E-state index contributed by atoms with van der Waals surface area (Å²) in [5.74, 6) is 0. The molecule has 11 aromatic rings. The highest BCUT2D eigenvalue weighted by atomic mass is 14.0. The van der Waals surface area contributed by atoms with Crippen molar-refractivity contribution in [2.45, 2.75) is 0 Å². The summed E-state index contributed by atoms with van der Waals surface area (Å²) in [5, 5.41) is 18.1. The van der Waals surface area contributed by atoms with Crippen LogP contribution in [0.3, 0.4) is 0 Å². The minimum Gasteiger partial charge on any atom is -0.0616 e. The fourth-order valence-electron chi connectivity index (χ4n) is 8.49. The Labute approximate surface area is 445 Å². The summed E-state index contributed by atoms with van der Waals surface area (Å²) >= 11 is 0. The van der Waals surface area contributed by atoms with E-state index in [1.54, 1.807) is 0 Å². The molecule has 0 N–H and O–H groups in total. The van der Waals surface area contributed by atoms with Crippen LogP contribution < -0.4 is 0 Å². The molecule has 0 unspecified atom stereocenters. The average molecular weight is 953 g/mol. The molecule has 0 aliphatic rings. The van der Waals surface area contributed by atoms with Crippen molar-refractivity contribution >= 4 is 108 Å². The maximum absolute atomic E-state index is 3.45. The smallest absolute Gasteiger partial charge is 0.0327 e. The van der Waals surface area contributed by atoms with Gasteiger partial charge in [-0.25, -0.2) is 0 Å². The van der Waals surface area contributed by atoms with E-state index in [-0.39, 0.29) is 0 Å². The van der Waals surface area contributed by atoms with Crippen LogP contribution in [0.5, 0.6) is 0 Å². The first-order chi connectivity index (χ1) is 37.6. The lowest BCUT2D eigenvalue weighted by Crippen LogP contribution is -1.71. The van der Waals surface area contributed by atoms with E-state index in [4.69, 9.17) is 0 Å². The Morgan fingerprint density at radius 3 is 0.447 bits per heavy atom. The summed E-state index contributed by atoms with van der Waals surface area (Å²) in [5.41, 5.74) is 0. The molecule has 0 saturated heterocycles. The van der Waals surface area contributed by atoms with Crippen LogP contribution in [0, 0.1) is 97.1 Å². The lowest BCUT2D eigenvalue weighted by Gasteiger charge is -1.96. The van der Waals surface area contributed by atoms with Crippen LogP contribution in [0.15, 0.2) is 243 Å². The Bertz CT molecular complexity index is 3970. The van der Waals surface area contributed by atoms with Gasteiger partial charge < -0.3 is 0 Å². The van der Waals surface area contributed by atoms with Crippen LogP contribution in [0.2, 0.25) is 0 Å². The minimum atomic E-state index is 0.872. The predicted octanol–water partition coefficient (Wildman–Crippen LogP) is 18.5. The quantitative estimate of drug-likeness (QED) is 0.142. The second-order valence-electron chi connectivity index (χ2n) is 17.7. The second-order valence-corrected chi connectivity index (χ2v) is 17.7. The Balaban J connectivity index is 1.06. The van der Waals surface area contributed by atoms with E-state index >= 15 is 0 Å². The summed E-state index contributed by atoms with van der Waals surface area (Å²) in [6, 6.07) is 135. The summed E-state index contributed by atoms with van der Waals surface area (Å²) in [7, 11) is 0. The molecule has 11 aromatic carbocycles. The highest BCUT2D eigenvalue weighted by molar-refractivity contribution is 6.05. The Morgan fingerprint density at radius 1 is 0.132 bits per heavy atom. The number of rotatable bonds is 0. The van der Waals surface area contributed by atoms with Crippen molar-refractivity contribution in [3.8, 4) is 0 Å². The van der Waals surface area contributed by atoms with E-state index in [2.05, 4.69) is 146 Å². The highest BCUT2D eigenvalue weighted by Crippen LogP contribution is 2.22. The van der Waals surface area contributed by atoms with Crippen molar-refractivity contribution in [2.24, 2.45) is 0 Å². The van der Waals surface area contributed by atoms with E-state index in [0.29, 0.717) is 0 Å². The van der Waals surface area contributed by atoms with Gasteiger partial charge in [-0.15, -0.1) is 0 Å². The minimum absolute atomic E-state index is 0.872. The van der Waals surface area contributed by atoms with Crippen molar-refractivity contribution in [3.63, 3.8) is 0 Å². The largest absolute Gasteiger partial charge is 0.0616 e. The van der Waals surface area contributed by atoms with E-state index in [1.807, 2.05) is 194 Å². The first kappa shape index (κ1) is 47.0. The molecule has 0 nitrogen and oxygen atoms in total. The Morgan fingerprint density at radius 2 is 0.276 bits per heavy atom. The molecule has 0 saturated carbocycles. The number of fused-ring (bicyclic) bond motifs is 18. The molecule has 0 atom stereocenters. The van der Waals surface area contributed by atoms with Gasteiger partial charge in [0.15, 0.2) is 0 Å². The van der Waals surface area contributed by atoms with Gasteiger partial charge in [0.1, 0.15) is 0 Å². The van der Waals surface area contributed by atoms with Crippen LogP contribution in [-0.4, -0.2) is 0 Å². The predicted molar refractivity (Wildman–Crippen MR) is 315 cm³/mol. The molecule has 344 valence electrons. The molecular formula is C76H40. The molecule has 0 aromatic heterocycles. The van der Waals surface area contributed by atoms with Gasteiger partial charge in [0, 0.05) is 86.2 Å². The molecule has 12 bridgehead atoms. The fraction of sp³-hybridized carbons (Fsp3) is 0. The molecule has 0 spiro atoms. The third kappa shape index (κ3) is 12.0. The molecule has 0 aliphatic heterocycles. The van der Waals surface area contributed by atoms with Crippen molar-refractivity contribution in [2.75, 3.05) is 0 Å². The lowest BCUT2D eigenvalue weighted by atomic mass is 10.1. The zero-order valence-corrected chi connectivity index (χ0v) is 41.1. The number of benzene rings is 10. The van der Waals surface area contributed by atoms with Crippen LogP contribution in [-0.2, 0) is 0 Å². The molecule has 0 fully saturated rings. The number of hydrogen-bond donors (Lipinski definition) is 0. The van der Waals surface area contributed by atoms with Gasteiger partial charge in [0.2, 0.25) is 0 Å². The molecule has 0 radical (unpaired) electrons. The standard InChI is InChI=1S/C76H40/c1-5-31-73-69(27-1)47-43-65-23-11-19-61(53-65)39-35-57-15-9-16-58(51-57)37-41-63-21-13-25-67(55-63)45-49-71-29-3-7-33-75(71)76-34-8-4-30-72(76)50-46-68-26-14-22-64(56-68)42-38-60-18-10-17-59(52-60)36-40-62-20-12-24-66(54-62)44-48-70-28-2-6-32-74(70)73/h1-34,51-56H. The van der Waals surface area contributed by atoms with Gasteiger partial charge in [-0.1, -0.05) is 206 Å². The topological polar surface area (TPSA) is 0 Å². The van der Waals surface area contributed by atoms with Gasteiger partial charge in [0.25, 0.3) is 0 Å². The molecule has 0 heterocycles. The van der Waals surface area contributed by atoms with E-state index in [0.717, 1.165) is 108 Å². The normalized spacial score (nSPS) is 9.79. The zero-order valence-electron chi connectivity index (χ0n) is 41.1. The third-order valence-corrected chi connectivity index (χ3v) is 12.2. The summed E-state index contributed by atoms with van der Waals surface area (Å²) < 4.78 is 0. The van der Waals surface area contributed by atoms with Gasteiger partial charge >= 0.3 is 0 Å². The Kier molecular flexibility index (Phi) is 14.1. The molecule has 0 heteroatoms. The fourth-order valence-corrected chi connectivity index (χ4v) is 8.49. The summed E-state index contributed by atoms with van der Waals surface area (Å²) in [6.45, 7) is 0. The van der Waals surface area contributed by atoms with Crippen LogP contribution in [0.25, 0.3) is 108 Å². The SMILES string of the molecule is c1c2cccc(c#cc3cccc(c#cc4ccccc4c4ccccc4c#cc4cccc(c#cc5cccc(c#cc6cccc(c#cc7ccccc7c7ccccc7c#cc7cccc(c#1)c7)c6)c5)c4)c3)c2. The first-order valence-corrected chi connectivity index (χ1v) is 24.7. The highest BCUT2D eigenvalue weighted by Gasteiger charge is 1.97. The van der Waals surface area contributed by atoms with Crippen LogP contribution in [0.4, 0.5) is 0 Å². The average Bonchev–Trinajstić information content (AvgIpc) is 3.48. The van der Waals surface area contributed by atoms with Gasteiger partial charge in [-0.05, 0) is 155 Å². The van der Waals surface area contributed by atoms with Crippen LogP contribution >= 0.6 is 0 Å². The van der Waals surface area contributed by atoms with E-state index in [1.165, 1.54) is 0 Å². The number of hydrogen-bond acceptors (Lipinski definition) is 0. The van der Waals surface area contributed by atoms with Crippen molar-refractivity contribution in [1.82, 2.24) is 0 Å². The van der Waals surface area contributed by atoms with Gasteiger partial charge in [-0.3, -0.25) is 0 Å². The molecule has 11 rings (SSSR count). The van der Waals surface area contributed by atoms with E-state index < -0.39 is 0 Å². The summed E-state index contributed by atoms with van der Waals surface area (Å²) in [6.07, 6.45) is 0. The first-order valence-electron chi connectivity index (χ1n) is 24.7. The second kappa shape index (κ2) is 22.8. The van der Waals surface area contributed by atoms with Crippen LogP contribution in [0.1, 0.15) is 0 Å². The van der Waals surface area contributed by atoms with Crippen molar-refractivity contribution in [1.29, 1.82) is 0 Å². The lowest BCUT2D eigenvalue weighted by molar-refractivity contribution is 1.78. The zero-order chi connectivity index (χ0) is 51.1. The Hall–Kier alpha value is -11.3. The summed E-state index contributed by atoms with van der Waals surface area (Å²) in [4.78, 5) is 0. The molecule has 0 amide bonds. The van der Waals surface area contributed by atoms with E-state index in [9.17, 15) is 0 Å². The molecular weight excluding hydrogens is 913 g/mol. The van der Waals surface area contributed by atoms with Crippen molar-refractivity contribution < 1.29 is 0 Å². The monoisotopic (exact) mass is 952 g/mol. The van der Waals surface area contributed by atoms with Crippen molar-refractivity contribution in [3.05, 3.63) is 340 Å². The van der Waals surface area contributed by atoms with Gasteiger partial charge in [-0.2, -0.15) is 0 Å². The van der Waals surface area contributed by atoms with Gasteiger partial charge in [0.05, 0.1) is 0 Å². The maximum atomic E-state index is 3.45.